The summed E-state index contributed by atoms with van der Waals surface area (Å²) in [6.45, 7) is 0. The Labute approximate surface area is 85.1 Å². The third-order valence-corrected chi connectivity index (χ3v) is 2.26. The highest BCUT2D eigenvalue weighted by molar-refractivity contribution is 9.10. The highest BCUT2D eigenvalue weighted by Crippen LogP contribution is 2.27. The number of phenolic OH excluding ortho intramolecular Hbond substituents is 1. The highest BCUT2D eigenvalue weighted by Gasteiger charge is 2.14. The fraction of sp³-hybridized carbons (Fsp3) is 0.222. The molecule has 70 valence electrons. The number of hydrogen-bond donors (Lipinski definition) is 1. The fourth-order valence-corrected chi connectivity index (χ4v) is 1.30. The van der Waals surface area contributed by atoms with Crippen molar-refractivity contribution in [2.45, 2.75) is 0 Å². The quantitative estimate of drug-likeness (QED) is 0.819. The van der Waals surface area contributed by atoms with Crippen molar-refractivity contribution < 1.29 is 9.90 Å². The molecule has 0 unspecified atom stereocenters. The number of para-hydroxylation sites is 1. The van der Waals surface area contributed by atoms with Gasteiger partial charge in [0.2, 0.25) is 0 Å². The average molecular weight is 244 g/mol. The molecule has 0 aliphatic heterocycles. The lowest BCUT2D eigenvalue weighted by atomic mass is 10.2. The molecule has 13 heavy (non-hydrogen) atoms. The third kappa shape index (κ3) is 2.01. The van der Waals surface area contributed by atoms with E-state index in [-0.39, 0.29) is 11.7 Å². The molecule has 0 fully saturated rings. The topological polar surface area (TPSA) is 40.5 Å². The van der Waals surface area contributed by atoms with E-state index < -0.39 is 0 Å². The second-order valence-electron chi connectivity index (χ2n) is 2.84. The van der Waals surface area contributed by atoms with Crippen LogP contribution in [0.4, 0.5) is 0 Å². The van der Waals surface area contributed by atoms with E-state index in [2.05, 4.69) is 15.9 Å². The van der Waals surface area contributed by atoms with Crippen LogP contribution in [-0.4, -0.2) is 30.0 Å². The molecule has 0 saturated heterocycles. The number of hydrogen-bond acceptors (Lipinski definition) is 2. The summed E-state index contributed by atoms with van der Waals surface area (Å²) in [7, 11) is 3.28. The SMILES string of the molecule is CN(C)C(=O)c1cccc(Br)c1O. The minimum atomic E-state index is -0.209. The van der Waals surface area contributed by atoms with E-state index in [1.807, 2.05) is 0 Å². The first kappa shape index (κ1) is 10.1. The van der Waals surface area contributed by atoms with Crippen molar-refractivity contribution in [3.63, 3.8) is 0 Å². The summed E-state index contributed by atoms with van der Waals surface area (Å²) in [5, 5.41) is 9.52. The van der Waals surface area contributed by atoms with Gasteiger partial charge in [-0.1, -0.05) is 6.07 Å². The summed E-state index contributed by atoms with van der Waals surface area (Å²) < 4.78 is 0.528. The number of carbonyl (C=O) groups is 1. The van der Waals surface area contributed by atoms with Crippen LogP contribution in [-0.2, 0) is 0 Å². The Morgan fingerprint density at radius 1 is 1.46 bits per heavy atom. The smallest absolute Gasteiger partial charge is 0.257 e. The van der Waals surface area contributed by atoms with Crippen LogP contribution in [0.25, 0.3) is 0 Å². The van der Waals surface area contributed by atoms with E-state index in [9.17, 15) is 9.90 Å². The second-order valence-corrected chi connectivity index (χ2v) is 3.69. The van der Waals surface area contributed by atoms with Gasteiger partial charge in [0.1, 0.15) is 5.75 Å². The molecular formula is C9H10BrNO2. The first-order chi connectivity index (χ1) is 6.04. The minimum absolute atomic E-state index is 0.0128. The van der Waals surface area contributed by atoms with Gasteiger partial charge in [0.05, 0.1) is 10.0 Å². The van der Waals surface area contributed by atoms with Crippen molar-refractivity contribution in [1.29, 1.82) is 0 Å². The molecular weight excluding hydrogens is 234 g/mol. The molecule has 4 heteroatoms. The van der Waals surface area contributed by atoms with Gasteiger partial charge in [0.15, 0.2) is 0 Å². The first-order valence-electron chi connectivity index (χ1n) is 3.73. The number of nitrogens with zero attached hydrogens (tertiary/aromatic N) is 1. The summed E-state index contributed by atoms with van der Waals surface area (Å²) in [6.07, 6.45) is 0. The van der Waals surface area contributed by atoms with Crippen LogP contribution in [0.1, 0.15) is 10.4 Å². The minimum Gasteiger partial charge on any atom is -0.506 e. The normalized spacial score (nSPS) is 9.77. The van der Waals surface area contributed by atoms with Crippen LogP contribution in [0.3, 0.4) is 0 Å². The highest BCUT2D eigenvalue weighted by atomic mass is 79.9. The van der Waals surface area contributed by atoms with Crippen molar-refractivity contribution in [3.8, 4) is 5.75 Å². The zero-order valence-corrected chi connectivity index (χ0v) is 9.00. The molecule has 1 aromatic rings. The predicted molar refractivity (Wildman–Crippen MR) is 53.8 cm³/mol. The Morgan fingerprint density at radius 2 is 2.08 bits per heavy atom. The number of rotatable bonds is 1. The summed E-state index contributed by atoms with van der Waals surface area (Å²) in [5.41, 5.74) is 0.305. The summed E-state index contributed by atoms with van der Waals surface area (Å²) in [4.78, 5) is 12.9. The van der Waals surface area contributed by atoms with Gasteiger partial charge in [0.25, 0.3) is 5.91 Å². The van der Waals surface area contributed by atoms with Crippen LogP contribution in [0.2, 0.25) is 0 Å². The van der Waals surface area contributed by atoms with E-state index >= 15 is 0 Å². The molecule has 1 rings (SSSR count). The second kappa shape index (κ2) is 3.79. The number of aromatic hydroxyl groups is 1. The van der Waals surface area contributed by atoms with E-state index in [1.165, 1.54) is 4.90 Å². The van der Waals surface area contributed by atoms with Crippen LogP contribution < -0.4 is 0 Å². The Hall–Kier alpha value is -1.03. The molecule has 0 heterocycles. The maximum atomic E-state index is 11.5. The van der Waals surface area contributed by atoms with E-state index in [1.54, 1.807) is 32.3 Å². The molecule has 0 saturated carbocycles. The lowest BCUT2D eigenvalue weighted by Crippen LogP contribution is -2.21. The molecule has 0 atom stereocenters. The molecule has 1 amide bonds. The molecule has 3 nitrogen and oxygen atoms in total. The van der Waals surface area contributed by atoms with Crippen molar-refractivity contribution >= 4 is 21.8 Å². The number of amides is 1. The van der Waals surface area contributed by atoms with Crippen LogP contribution in [0, 0.1) is 0 Å². The van der Waals surface area contributed by atoms with E-state index in [4.69, 9.17) is 0 Å². The fourth-order valence-electron chi connectivity index (χ4n) is 0.929. The Bertz CT molecular complexity index is 336. The lowest BCUT2D eigenvalue weighted by molar-refractivity contribution is 0.0824. The van der Waals surface area contributed by atoms with Crippen molar-refractivity contribution in [3.05, 3.63) is 28.2 Å². The number of carbonyl (C=O) groups excluding carboxylic acids is 1. The standard InChI is InChI=1S/C9H10BrNO2/c1-11(2)9(13)6-4-3-5-7(10)8(6)12/h3-5,12H,1-2H3. The van der Waals surface area contributed by atoms with Gasteiger partial charge in [0, 0.05) is 14.1 Å². The average Bonchev–Trinajstić information content (AvgIpc) is 2.08. The van der Waals surface area contributed by atoms with Crippen molar-refractivity contribution in [2.24, 2.45) is 0 Å². The summed E-state index contributed by atoms with van der Waals surface area (Å²) >= 11 is 3.14. The molecule has 0 radical (unpaired) electrons. The Morgan fingerprint density at radius 3 is 2.62 bits per heavy atom. The van der Waals surface area contributed by atoms with Gasteiger partial charge in [-0.25, -0.2) is 0 Å². The van der Waals surface area contributed by atoms with Gasteiger partial charge >= 0.3 is 0 Å². The molecule has 0 bridgehead atoms. The van der Waals surface area contributed by atoms with Gasteiger partial charge in [-0.2, -0.15) is 0 Å². The molecule has 0 aromatic heterocycles. The van der Waals surface area contributed by atoms with Crippen LogP contribution in [0.15, 0.2) is 22.7 Å². The zero-order chi connectivity index (χ0) is 10.0. The maximum Gasteiger partial charge on any atom is 0.257 e. The predicted octanol–water partition coefficient (Wildman–Crippen LogP) is 1.86. The van der Waals surface area contributed by atoms with Gasteiger partial charge < -0.3 is 10.0 Å². The Kier molecular flexibility index (Phi) is 2.93. The van der Waals surface area contributed by atoms with Crippen molar-refractivity contribution in [1.82, 2.24) is 4.90 Å². The Balaban J connectivity index is 3.15. The van der Waals surface area contributed by atoms with E-state index in [0.29, 0.717) is 10.0 Å². The van der Waals surface area contributed by atoms with Gasteiger partial charge in [-0.15, -0.1) is 0 Å². The molecule has 1 aromatic carbocycles. The number of phenols is 1. The molecule has 0 aliphatic rings. The molecule has 0 spiro atoms. The monoisotopic (exact) mass is 243 g/mol. The zero-order valence-electron chi connectivity index (χ0n) is 7.41. The van der Waals surface area contributed by atoms with Crippen molar-refractivity contribution in [2.75, 3.05) is 14.1 Å². The van der Waals surface area contributed by atoms with Crippen LogP contribution in [0.5, 0.6) is 5.75 Å². The molecule has 0 aliphatic carbocycles. The maximum absolute atomic E-state index is 11.5. The summed E-state index contributed by atoms with van der Waals surface area (Å²) in [6, 6.07) is 4.98. The summed E-state index contributed by atoms with van der Waals surface area (Å²) in [5.74, 6) is -0.222. The van der Waals surface area contributed by atoms with E-state index in [0.717, 1.165) is 0 Å². The van der Waals surface area contributed by atoms with Crippen LogP contribution >= 0.6 is 15.9 Å². The number of halogens is 1. The largest absolute Gasteiger partial charge is 0.506 e. The number of benzene rings is 1. The van der Waals surface area contributed by atoms with Gasteiger partial charge in [-0.3, -0.25) is 4.79 Å². The molecule has 1 N–H and O–H groups in total. The third-order valence-electron chi connectivity index (χ3n) is 1.62. The first-order valence-corrected chi connectivity index (χ1v) is 4.52. The van der Waals surface area contributed by atoms with Gasteiger partial charge in [-0.05, 0) is 28.1 Å². The lowest BCUT2D eigenvalue weighted by Gasteiger charge is -2.11.